The van der Waals surface area contributed by atoms with Crippen molar-refractivity contribution in [3.8, 4) is 0 Å². The number of hydrogen-bond acceptors (Lipinski definition) is 3. The summed E-state index contributed by atoms with van der Waals surface area (Å²) in [6, 6.07) is 9.82. The molecule has 0 aliphatic rings. The second kappa shape index (κ2) is 7.23. The van der Waals surface area contributed by atoms with Crippen molar-refractivity contribution in [3.05, 3.63) is 59.8 Å². The SMILES string of the molecule is CC(C)(C)CON(C(=O)c1ccccc1)c1cc(C(F)(F)F)ccn1. The number of hydroxylamine groups is 1. The first kappa shape index (κ1) is 18.9. The van der Waals surface area contributed by atoms with Crippen LogP contribution in [0.15, 0.2) is 48.7 Å². The number of aromatic nitrogens is 1. The summed E-state index contributed by atoms with van der Waals surface area (Å²) in [5.74, 6) is -0.801. The van der Waals surface area contributed by atoms with E-state index in [1.165, 1.54) is 0 Å². The zero-order chi connectivity index (χ0) is 18.7. The molecular weight excluding hydrogens is 333 g/mol. The number of alkyl halides is 3. The Hall–Kier alpha value is -2.41. The third-order valence-electron chi connectivity index (χ3n) is 3.11. The second-order valence-electron chi connectivity index (χ2n) is 6.70. The van der Waals surface area contributed by atoms with Crippen LogP contribution in [0, 0.1) is 5.41 Å². The van der Waals surface area contributed by atoms with Gasteiger partial charge in [0.15, 0.2) is 5.82 Å². The third kappa shape index (κ3) is 5.29. The molecule has 2 rings (SSSR count). The molecule has 0 saturated heterocycles. The van der Waals surface area contributed by atoms with Crippen LogP contribution in [0.2, 0.25) is 0 Å². The fraction of sp³-hybridized carbons (Fsp3) is 0.333. The summed E-state index contributed by atoms with van der Waals surface area (Å²) in [4.78, 5) is 22.1. The highest BCUT2D eigenvalue weighted by atomic mass is 19.4. The standard InChI is InChI=1S/C18H19F3N2O2/c1-17(2,3)12-25-23(16(24)13-7-5-4-6-8-13)15-11-14(9-10-22-15)18(19,20)21/h4-11H,12H2,1-3H3. The number of anilines is 1. The fourth-order valence-corrected chi connectivity index (χ4v) is 1.89. The highest BCUT2D eigenvalue weighted by Gasteiger charge is 2.32. The van der Waals surface area contributed by atoms with E-state index in [1.54, 1.807) is 30.3 Å². The number of nitrogens with zero attached hydrogens (tertiary/aromatic N) is 2. The number of hydrogen-bond donors (Lipinski definition) is 0. The van der Waals surface area contributed by atoms with E-state index in [0.29, 0.717) is 0 Å². The average Bonchev–Trinajstić information content (AvgIpc) is 2.54. The molecule has 134 valence electrons. The van der Waals surface area contributed by atoms with Gasteiger partial charge in [-0.1, -0.05) is 39.0 Å². The van der Waals surface area contributed by atoms with E-state index in [9.17, 15) is 18.0 Å². The molecule has 0 spiro atoms. The molecular formula is C18H19F3N2O2. The Morgan fingerprint density at radius 3 is 2.32 bits per heavy atom. The summed E-state index contributed by atoms with van der Waals surface area (Å²) in [5, 5.41) is 0.815. The zero-order valence-electron chi connectivity index (χ0n) is 14.2. The summed E-state index contributed by atoms with van der Waals surface area (Å²) < 4.78 is 38.9. The molecule has 2 aromatic rings. The zero-order valence-corrected chi connectivity index (χ0v) is 14.2. The van der Waals surface area contributed by atoms with E-state index in [2.05, 4.69) is 4.98 Å². The second-order valence-corrected chi connectivity index (χ2v) is 6.70. The quantitative estimate of drug-likeness (QED) is 0.748. The first-order valence-electron chi connectivity index (χ1n) is 7.63. The Kier molecular flexibility index (Phi) is 5.47. The number of carbonyl (C=O) groups is 1. The Labute approximate surface area is 144 Å². The van der Waals surface area contributed by atoms with Gasteiger partial charge in [-0.05, 0) is 29.7 Å². The number of benzene rings is 1. The monoisotopic (exact) mass is 352 g/mol. The number of rotatable bonds is 4. The molecule has 0 bridgehead atoms. The van der Waals surface area contributed by atoms with Gasteiger partial charge in [-0.2, -0.15) is 18.2 Å². The van der Waals surface area contributed by atoms with Crippen LogP contribution in [0.1, 0.15) is 36.7 Å². The molecule has 0 unspecified atom stereocenters. The molecule has 0 N–H and O–H groups in total. The van der Waals surface area contributed by atoms with Crippen molar-refractivity contribution in [2.75, 3.05) is 11.7 Å². The molecule has 1 aromatic carbocycles. The van der Waals surface area contributed by atoms with Crippen LogP contribution in [-0.2, 0) is 11.0 Å². The molecule has 25 heavy (non-hydrogen) atoms. The Bertz CT molecular complexity index is 725. The molecule has 1 amide bonds. The van der Waals surface area contributed by atoms with Crippen LogP contribution in [0.3, 0.4) is 0 Å². The van der Waals surface area contributed by atoms with Gasteiger partial charge < -0.3 is 0 Å². The summed E-state index contributed by atoms with van der Waals surface area (Å²) in [7, 11) is 0. The van der Waals surface area contributed by atoms with Gasteiger partial charge in [0, 0.05) is 11.8 Å². The predicted octanol–water partition coefficient (Wildman–Crippen LogP) is 4.72. The van der Waals surface area contributed by atoms with Crippen LogP contribution >= 0.6 is 0 Å². The fourth-order valence-electron chi connectivity index (χ4n) is 1.89. The number of halogens is 3. The molecule has 0 radical (unpaired) electrons. The van der Waals surface area contributed by atoms with Gasteiger partial charge in [0.05, 0.1) is 12.2 Å². The summed E-state index contributed by atoms with van der Waals surface area (Å²) in [5.41, 5.74) is -0.907. The first-order valence-corrected chi connectivity index (χ1v) is 7.63. The molecule has 1 aromatic heterocycles. The Morgan fingerprint density at radius 2 is 1.76 bits per heavy atom. The lowest BCUT2D eigenvalue weighted by Gasteiger charge is -2.26. The minimum atomic E-state index is -4.54. The van der Waals surface area contributed by atoms with Gasteiger partial charge >= 0.3 is 6.18 Å². The third-order valence-corrected chi connectivity index (χ3v) is 3.11. The Balaban J connectivity index is 2.39. The smallest absolute Gasteiger partial charge is 0.266 e. The van der Waals surface area contributed by atoms with Crippen LogP contribution in [0.5, 0.6) is 0 Å². The Morgan fingerprint density at radius 1 is 1.12 bits per heavy atom. The van der Waals surface area contributed by atoms with Gasteiger partial charge in [-0.15, -0.1) is 0 Å². The maximum atomic E-state index is 13.0. The summed E-state index contributed by atoms with van der Waals surface area (Å²) >= 11 is 0. The van der Waals surface area contributed by atoms with Gasteiger partial charge in [0.1, 0.15) is 0 Å². The lowest BCUT2D eigenvalue weighted by atomic mass is 9.99. The normalized spacial score (nSPS) is 12.1. The molecule has 0 aliphatic heterocycles. The van der Waals surface area contributed by atoms with Gasteiger partial charge in [-0.25, -0.2) is 4.98 Å². The van der Waals surface area contributed by atoms with Crippen molar-refractivity contribution in [3.63, 3.8) is 0 Å². The van der Waals surface area contributed by atoms with Gasteiger partial charge in [-0.3, -0.25) is 9.63 Å². The predicted molar refractivity (Wildman–Crippen MR) is 87.9 cm³/mol. The van der Waals surface area contributed by atoms with Crippen molar-refractivity contribution in [2.24, 2.45) is 5.41 Å². The largest absolute Gasteiger partial charge is 0.416 e. The van der Waals surface area contributed by atoms with Crippen molar-refractivity contribution < 1.29 is 22.8 Å². The molecule has 0 fully saturated rings. The van der Waals surface area contributed by atoms with Crippen molar-refractivity contribution in [1.29, 1.82) is 0 Å². The van der Waals surface area contributed by atoms with E-state index in [-0.39, 0.29) is 23.4 Å². The van der Waals surface area contributed by atoms with Crippen LogP contribution in [-0.4, -0.2) is 17.5 Å². The van der Waals surface area contributed by atoms with Crippen molar-refractivity contribution >= 4 is 11.7 Å². The molecule has 7 heteroatoms. The van der Waals surface area contributed by atoms with Gasteiger partial charge in [0.25, 0.3) is 5.91 Å². The summed E-state index contributed by atoms with van der Waals surface area (Å²) in [6.07, 6.45) is -3.53. The highest BCUT2D eigenvalue weighted by molar-refractivity contribution is 6.04. The lowest BCUT2D eigenvalue weighted by molar-refractivity contribution is -0.137. The van der Waals surface area contributed by atoms with Crippen LogP contribution in [0.25, 0.3) is 0 Å². The van der Waals surface area contributed by atoms with Crippen molar-refractivity contribution in [1.82, 2.24) is 4.98 Å². The summed E-state index contributed by atoms with van der Waals surface area (Å²) in [6.45, 7) is 5.79. The van der Waals surface area contributed by atoms with E-state index in [0.717, 1.165) is 23.4 Å². The van der Waals surface area contributed by atoms with E-state index < -0.39 is 17.6 Å². The maximum absolute atomic E-state index is 13.0. The highest BCUT2D eigenvalue weighted by Crippen LogP contribution is 2.31. The maximum Gasteiger partial charge on any atom is 0.416 e. The molecule has 1 heterocycles. The average molecular weight is 352 g/mol. The van der Waals surface area contributed by atoms with Gasteiger partial charge in [0.2, 0.25) is 0 Å². The van der Waals surface area contributed by atoms with Crippen LogP contribution in [0.4, 0.5) is 19.0 Å². The molecule has 0 aliphatic carbocycles. The van der Waals surface area contributed by atoms with E-state index in [1.807, 2.05) is 20.8 Å². The van der Waals surface area contributed by atoms with Crippen molar-refractivity contribution in [2.45, 2.75) is 26.9 Å². The minimum absolute atomic E-state index is 0.128. The van der Waals surface area contributed by atoms with E-state index >= 15 is 0 Å². The van der Waals surface area contributed by atoms with Crippen LogP contribution < -0.4 is 5.06 Å². The lowest BCUT2D eigenvalue weighted by Crippen LogP contribution is -2.35. The molecule has 0 saturated carbocycles. The minimum Gasteiger partial charge on any atom is -0.266 e. The number of pyridine rings is 1. The topological polar surface area (TPSA) is 42.4 Å². The molecule has 0 atom stereocenters. The number of carbonyl (C=O) groups excluding carboxylic acids is 1. The number of amides is 1. The first-order chi connectivity index (χ1) is 11.6. The molecule has 4 nitrogen and oxygen atoms in total. The van der Waals surface area contributed by atoms with E-state index in [4.69, 9.17) is 4.84 Å².